The molecule has 0 fully saturated rings. The molecule has 0 bridgehead atoms. The zero-order valence-corrected chi connectivity index (χ0v) is 40.9. The summed E-state index contributed by atoms with van der Waals surface area (Å²) in [5, 5.41) is 45.0. The molecule has 73 heavy (non-hydrogen) atoms. The Bertz CT molecular complexity index is 2830. The molecule has 4 aromatic heterocycles. The molecule has 22 nitrogen and oxygen atoms in total. The van der Waals surface area contributed by atoms with Crippen molar-refractivity contribution in [3.63, 3.8) is 0 Å². The largest absolute Gasteiger partial charge is 0.508 e. The first-order valence-corrected chi connectivity index (χ1v) is 23.1. The molecule has 0 unspecified atom stereocenters. The van der Waals surface area contributed by atoms with Gasteiger partial charge in [0.1, 0.15) is 35.0 Å². The molecule has 4 heterocycles. The smallest absolute Gasteiger partial charge is 0.330 e. The Morgan fingerprint density at radius 3 is 1.33 bits per heavy atom. The van der Waals surface area contributed by atoms with Gasteiger partial charge < -0.3 is 52.0 Å². The Kier molecular flexibility index (Phi) is 20.6. The first kappa shape index (κ1) is 54.9. The van der Waals surface area contributed by atoms with E-state index in [1.54, 1.807) is 88.4 Å². The van der Waals surface area contributed by atoms with Gasteiger partial charge >= 0.3 is 11.9 Å². The number of aryl methyl sites for hydroxylation is 6. The number of phenols is 2. The van der Waals surface area contributed by atoms with E-state index < -0.39 is 47.7 Å². The van der Waals surface area contributed by atoms with Gasteiger partial charge in [-0.15, -0.1) is 0 Å². The maximum atomic E-state index is 13.0. The summed E-state index contributed by atoms with van der Waals surface area (Å²) in [6, 6.07) is 21.4. The van der Waals surface area contributed by atoms with Crippen molar-refractivity contribution in [2.45, 2.75) is 65.5 Å². The Morgan fingerprint density at radius 1 is 0.548 bits per heavy atom. The third kappa shape index (κ3) is 17.1. The van der Waals surface area contributed by atoms with Crippen molar-refractivity contribution in [1.29, 1.82) is 0 Å². The van der Waals surface area contributed by atoms with Gasteiger partial charge in [0.2, 0.25) is 11.9 Å². The van der Waals surface area contributed by atoms with E-state index in [0.29, 0.717) is 47.8 Å². The highest BCUT2D eigenvalue weighted by Crippen LogP contribution is 2.17. The van der Waals surface area contributed by atoms with Crippen molar-refractivity contribution < 1.29 is 48.8 Å². The molecule has 2 aromatic carbocycles. The van der Waals surface area contributed by atoms with Crippen LogP contribution in [0.5, 0.6) is 11.5 Å². The fourth-order valence-electron chi connectivity index (χ4n) is 7.22. The van der Waals surface area contributed by atoms with Gasteiger partial charge in [-0.1, -0.05) is 36.4 Å². The summed E-state index contributed by atoms with van der Waals surface area (Å²) in [6.07, 6.45) is 6.02. The quantitative estimate of drug-likeness (QED) is 0.0345. The monoisotopic (exact) mass is 998 g/mol. The van der Waals surface area contributed by atoms with E-state index in [4.69, 9.17) is 4.74 Å². The van der Waals surface area contributed by atoms with E-state index in [0.717, 1.165) is 36.8 Å². The van der Waals surface area contributed by atoms with Crippen LogP contribution in [0.25, 0.3) is 0 Å². The van der Waals surface area contributed by atoms with E-state index in [-0.39, 0.29) is 47.1 Å². The van der Waals surface area contributed by atoms with E-state index in [9.17, 15) is 44.1 Å². The van der Waals surface area contributed by atoms with Crippen LogP contribution in [0.1, 0.15) is 88.4 Å². The predicted octanol–water partition coefficient (Wildman–Crippen LogP) is 3.79. The van der Waals surface area contributed by atoms with Crippen LogP contribution in [-0.4, -0.2) is 126 Å². The summed E-state index contributed by atoms with van der Waals surface area (Å²) in [5.41, 5.74) is 4.40. The number of ether oxygens (including phenoxy) is 1. The summed E-state index contributed by atoms with van der Waals surface area (Å²) in [6.45, 7) is 7.30. The number of benzene rings is 2. The normalized spacial score (nSPS) is 11.4. The number of carboxylic acids is 1. The summed E-state index contributed by atoms with van der Waals surface area (Å²) >= 11 is 0. The molecular formula is C51H58N12O10. The van der Waals surface area contributed by atoms with Gasteiger partial charge in [0.05, 0.1) is 41.0 Å². The van der Waals surface area contributed by atoms with Crippen LogP contribution < -0.4 is 31.9 Å². The molecule has 6 aromatic rings. The van der Waals surface area contributed by atoms with E-state index in [2.05, 4.69) is 61.8 Å². The number of amides is 4. The van der Waals surface area contributed by atoms with Crippen molar-refractivity contribution in [1.82, 2.24) is 51.2 Å². The van der Waals surface area contributed by atoms with Gasteiger partial charge in [-0.3, -0.25) is 29.1 Å². The number of aromatic hydroxyl groups is 2. The van der Waals surface area contributed by atoms with Crippen LogP contribution in [0.4, 0.5) is 11.9 Å². The maximum absolute atomic E-state index is 13.0. The molecule has 0 radical (unpaired) electrons. The number of hydrogen-bond acceptors (Lipinski definition) is 17. The van der Waals surface area contributed by atoms with Crippen molar-refractivity contribution in [2.75, 3.05) is 43.9 Å². The number of pyridine rings is 2. The zero-order chi connectivity index (χ0) is 52.9. The summed E-state index contributed by atoms with van der Waals surface area (Å²) in [5.74, 6) is -3.06. The standard InChI is InChI=1S/C26H30N6O5.C25H28N6O5/c1-16-22(17(2)31-26(30-16)28-13-7-9-18-8-6-10-19(33)14-18)24(35)32-21(25(36)37-3)15-29-23(34)20-11-4-5-12-27-20;1-15-21(16(2)30-25(29-15)27-12-6-8-17-7-5-9-18(32)13-17)23(34)31-20(24(35)36)14-28-22(33)19-10-3-4-11-26-19/h4-6,8,10-12,14,21,33H,7,9,13,15H2,1-3H3,(H,29,34)(H,32,35)(H,28,30,31);3-5,7,9-11,13,20,32H,6,8,12,14H2,1-2H3,(H,28,33)(H,31,34)(H,35,36)(H,27,29,30)/t21-;20-/m00/s1. The van der Waals surface area contributed by atoms with Gasteiger partial charge in [-0.25, -0.2) is 29.5 Å². The molecule has 2 atom stereocenters. The molecule has 22 heteroatoms. The van der Waals surface area contributed by atoms with Gasteiger partial charge in [0.25, 0.3) is 23.6 Å². The third-order valence-corrected chi connectivity index (χ3v) is 10.8. The molecular weight excluding hydrogens is 941 g/mol. The van der Waals surface area contributed by atoms with Crippen LogP contribution in [0, 0.1) is 27.7 Å². The molecule has 0 saturated heterocycles. The van der Waals surface area contributed by atoms with Gasteiger partial charge in [0, 0.05) is 38.6 Å². The van der Waals surface area contributed by atoms with Gasteiger partial charge in [-0.2, -0.15) is 0 Å². The fourth-order valence-corrected chi connectivity index (χ4v) is 7.22. The molecule has 0 aliphatic carbocycles. The highest BCUT2D eigenvalue weighted by Gasteiger charge is 2.27. The number of hydrogen-bond donors (Lipinski definition) is 9. The van der Waals surface area contributed by atoms with E-state index >= 15 is 0 Å². The number of nitrogens with one attached hydrogen (secondary N) is 6. The summed E-state index contributed by atoms with van der Waals surface area (Å²) in [7, 11) is 1.20. The second-order valence-electron chi connectivity index (χ2n) is 16.4. The van der Waals surface area contributed by atoms with Crippen LogP contribution >= 0.6 is 0 Å². The average molecular weight is 999 g/mol. The number of aromatic nitrogens is 6. The Labute approximate surface area is 420 Å². The second kappa shape index (κ2) is 27.3. The van der Waals surface area contributed by atoms with E-state index in [1.807, 2.05) is 12.1 Å². The number of esters is 1. The average Bonchev–Trinajstić information content (AvgIpc) is 3.36. The number of carbonyl (C=O) groups is 6. The molecule has 0 spiro atoms. The second-order valence-corrected chi connectivity index (χ2v) is 16.4. The predicted molar refractivity (Wildman–Crippen MR) is 268 cm³/mol. The number of methoxy groups -OCH3 is 1. The van der Waals surface area contributed by atoms with Crippen molar-refractivity contribution in [2.24, 2.45) is 0 Å². The fraction of sp³-hybridized carbons (Fsp3) is 0.294. The molecule has 0 aliphatic heterocycles. The lowest BCUT2D eigenvalue weighted by Gasteiger charge is -2.18. The minimum Gasteiger partial charge on any atom is -0.508 e. The number of phenolic OH excluding ortho intramolecular Hbond substituents is 2. The first-order valence-electron chi connectivity index (χ1n) is 23.1. The van der Waals surface area contributed by atoms with Crippen molar-refractivity contribution in [3.8, 4) is 11.5 Å². The van der Waals surface area contributed by atoms with Crippen molar-refractivity contribution in [3.05, 3.63) is 154 Å². The molecule has 0 aliphatic rings. The van der Waals surface area contributed by atoms with Crippen LogP contribution in [0.2, 0.25) is 0 Å². The topological polar surface area (TPSA) is 322 Å². The van der Waals surface area contributed by atoms with Crippen LogP contribution in [0.3, 0.4) is 0 Å². The zero-order valence-electron chi connectivity index (χ0n) is 40.9. The van der Waals surface area contributed by atoms with Crippen LogP contribution in [0.15, 0.2) is 97.3 Å². The number of carboxylic acid groups (broad SMARTS) is 1. The maximum Gasteiger partial charge on any atom is 0.330 e. The molecule has 9 N–H and O–H groups in total. The molecule has 6 rings (SSSR count). The highest BCUT2D eigenvalue weighted by atomic mass is 16.5. The Hall–Kier alpha value is -9.08. The third-order valence-electron chi connectivity index (χ3n) is 10.8. The highest BCUT2D eigenvalue weighted by molar-refractivity contribution is 6.00. The summed E-state index contributed by atoms with van der Waals surface area (Å²) in [4.78, 5) is 99.5. The molecule has 382 valence electrons. The number of rotatable bonds is 22. The Morgan fingerprint density at radius 2 is 0.959 bits per heavy atom. The van der Waals surface area contributed by atoms with Gasteiger partial charge in [-0.05, 0) is 113 Å². The van der Waals surface area contributed by atoms with Crippen LogP contribution in [-0.2, 0) is 27.2 Å². The van der Waals surface area contributed by atoms with E-state index in [1.165, 1.54) is 31.6 Å². The number of nitrogens with zero attached hydrogens (tertiary/aromatic N) is 6. The number of aliphatic carboxylic acids is 1. The number of anilines is 2. The minimum atomic E-state index is -1.36. The lowest BCUT2D eigenvalue weighted by molar-refractivity contribution is -0.142. The lowest BCUT2D eigenvalue weighted by atomic mass is 10.1. The molecule has 4 amide bonds. The minimum absolute atomic E-state index is 0.137. The van der Waals surface area contributed by atoms with Gasteiger partial charge in [0.15, 0.2) is 0 Å². The first-order chi connectivity index (χ1) is 35.0. The lowest BCUT2D eigenvalue weighted by Crippen LogP contribution is -2.49. The number of carbonyl (C=O) groups excluding carboxylic acids is 5. The summed E-state index contributed by atoms with van der Waals surface area (Å²) < 4.78 is 4.78. The van der Waals surface area contributed by atoms with Crippen molar-refractivity contribution >= 4 is 47.5 Å². The SMILES string of the molecule is COC(=O)[C@H](CNC(=O)c1ccccn1)NC(=O)c1c(C)nc(NCCCc2cccc(O)c2)nc1C.Cc1nc(NCCCc2cccc(O)c2)nc(C)c1C(=O)N[C@@H](CNC(=O)c1ccccn1)C(=O)O. The molecule has 0 saturated carbocycles. The Balaban J connectivity index is 0.000000271.